The summed E-state index contributed by atoms with van der Waals surface area (Å²) in [6.07, 6.45) is -2.72. The third-order valence-corrected chi connectivity index (χ3v) is 7.62. The Labute approximate surface area is 244 Å². The van der Waals surface area contributed by atoms with Gasteiger partial charge in [0, 0.05) is 62.2 Å². The summed E-state index contributed by atoms with van der Waals surface area (Å²) in [5, 5.41) is 11.5. The Morgan fingerprint density at radius 3 is 2.28 bits per heavy atom. The highest BCUT2D eigenvalue weighted by atomic mass is 19.4. The number of nitrogens with zero attached hydrogens (tertiary/aromatic N) is 5. The lowest BCUT2D eigenvalue weighted by Crippen LogP contribution is -2.48. The molecule has 6 rings (SSSR count). The Hall–Kier alpha value is -5.03. The molecule has 8 nitrogen and oxygen atoms in total. The first kappa shape index (κ1) is 28.1. The number of halogens is 3. The summed E-state index contributed by atoms with van der Waals surface area (Å²) >= 11 is 0. The van der Waals surface area contributed by atoms with Crippen molar-refractivity contribution in [2.24, 2.45) is 0 Å². The zero-order valence-electron chi connectivity index (χ0n) is 22.9. The van der Waals surface area contributed by atoms with Gasteiger partial charge in [-0.15, -0.1) is 0 Å². The van der Waals surface area contributed by atoms with Gasteiger partial charge in [-0.2, -0.15) is 13.2 Å². The lowest BCUT2D eigenvalue weighted by Gasteiger charge is -2.34. The predicted octanol–water partition coefficient (Wildman–Crippen LogP) is 6.55. The molecule has 2 aromatic heterocycles. The van der Waals surface area contributed by atoms with E-state index in [1.54, 1.807) is 48.7 Å². The number of nitro benzene ring substituents is 1. The Bertz CT molecular complexity index is 1810. The van der Waals surface area contributed by atoms with E-state index in [-0.39, 0.29) is 11.6 Å². The van der Waals surface area contributed by atoms with Gasteiger partial charge >= 0.3 is 6.18 Å². The first-order valence-corrected chi connectivity index (χ1v) is 13.7. The Morgan fingerprint density at radius 2 is 1.56 bits per heavy atom. The van der Waals surface area contributed by atoms with E-state index in [4.69, 9.17) is 4.98 Å². The second-order valence-corrected chi connectivity index (χ2v) is 10.4. The fraction of sp³-hybridized carbons (Fsp3) is 0.188. The number of carbonyl (C=O) groups excluding carboxylic acids is 1. The smallest absolute Gasteiger partial charge is 0.336 e. The van der Waals surface area contributed by atoms with Gasteiger partial charge in [-0.1, -0.05) is 42.5 Å². The summed E-state index contributed by atoms with van der Waals surface area (Å²) in [6, 6.07) is 23.9. The molecule has 1 saturated heterocycles. The molecule has 1 aliphatic heterocycles. The van der Waals surface area contributed by atoms with Gasteiger partial charge in [0.05, 0.1) is 21.9 Å². The van der Waals surface area contributed by atoms with E-state index >= 15 is 0 Å². The van der Waals surface area contributed by atoms with Gasteiger partial charge in [-0.3, -0.25) is 19.8 Å². The van der Waals surface area contributed by atoms with Gasteiger partial charge in [0.25, 0.3) is 11.6 Å². The number of alkyl halides is 3. The molecule has 3 heterocycles. The van der Waals surface area contributed by atoms with Crippen molar-refractivity contribution < 1.29 is 22.9 Å². The monoisotopic (exact) mass is 585 g/mol. The van der Waals surface area contributed by atoms with Gasteiger partial charge in [-0.25, -0.2) is 4.98 Å². The summed E-state index contributed by atoms with van der Waals surface area (Å²) in [7, 11) is 0. The second kappa shape index (κ2) is 11.3. The van der Waals surface area contributed by atoms with E-state index in [0.717, 1.165) is 17.8 Å². The standard InChI is InChI=1S/C32H26F3N5O3/c33-32(34,35)26-10-4-8-23(18-26)25-12-13-29-36-30(24-9-5-11-27(19-24)40(42)43)28(39(29)20-25)21-37-14-16-38(17-15-37)31(41)22-6-2-1-3-7-22/h1-13,18-20H,14-17,21H2. The van der Waals surface area contributed by atoms with Crippen molar-refractivity contribution >= 4 is 17.2 Å². The minimum Gasteiger partial charge on any atom is -0.336 e. The molecule has 0 spiro atoms. The lowest BCUT2D eigenvalue weighted by molar-refractivity contribution is -0.384. The van der Waals surface area contributed by atoms with Gasteiger partial charge in [0.2, 0.25) is 0 Å². The van der Waals surface area contributed by atoms with Crippen LogP contribution in [0.2, 0.25) is 0 Å². The lowest BCUT2D eigenvalue weighted by atomic mass is 10.0. The normalized spacial score (nSPS) is 14.3. The third kappa shape index (κ3) is 5.84. The zero-order chi connectivity index (χ0) is 30.1. The Morgan fingerprint density at radius 1 is 0.837 bits per heavy atom. The van der Waals surface area contributed by atoms with Crippen molar-refractivity contribution in [3.05, 3.63) is 124 Å². The number of benzene rings is 3. The molecule has 0 N–H and O–H groups in total. The van der Waals surface area contributed by atoms with Crippen LogP contribution in [0.1, 0.15) is 21.6 Å². The maximum absolute atomic E-state index is 13.4. The molecule has 11 heteroatoms. The van der Waals surface area contributed by atoms with Crippen molar-refractivity contribution in [3.8, 4) is 22.4 Å². The molecule has 0 saturated carbocycles. The first-order chi connectivity index (χ1) is 20.7. The van der Waals surface area contributed by atoms with Crippen molar-refractivity contribution in [1.29, 1.82) is 0 Å². The molecule has 0 unspecified atom stereocenters. The van der Waals surface area contributed by atoms with Crippen LogP contribution in [-0.2, 0) is 12.7 Å². The molecule has 0 bridgehead atoms. The van der Waals surface area contributed by atoms with Crippen LogP contribution in [0.15, 0.2) is 97.2 Å². The maximum atomic E-state index is 13.4. The summed E-state index contributed by atoms with van der Waals surface area (Å²) in [5.74, 6) is -0.0296. The molecule has 43 heavy (non-hydrogen) atoms. The maximum Gasteiger partial charge on any atom is 0.416 e. The largest absolute Gasteiger partial charge is 0.416 e. The molecule has 1 amide bonds. The molecule has 5 aromatic rings. The van der Waals surface area contributed by atoms with Crippen molar-refractivity contribution in [3.63, 3.8) is 0 Å². The number of amides is 1. The number of hydrogen-bond donors (Lipinski definition) is 0. The Balaban J connectivity index is 1.35. The highest BCUT2D eigenvalue weighted by Gasteiger charge is 2.30. The fourth-order valence-electron chi connectivity index (χ4n) is 5.37. The SMILES string of the molecule is O=C(c1ccccc1)N1CCN(Cc2c(-c3cccc([N+](=O)[O-])c3)nc3ccc(-c4cccc(C(F)(F)F)c4)cn23)CC1. The molecule has 0 radical (unpaired) electrons. The fourth-order valence-corrected chi connectivity index (χ4v) is 5.37. The highest BCUT2D eigenvalue weighted by molar-refractivity contribution is 5.94. The number of imidazole rings is 1. The molecule has 1 aliphatic rings. The molecule has 3 aromatic carbocycles. The number of piperazine rings is 1. The minimum atomic E-state index is -4.47. The number of rotatable bonds is 6. The predicted molar refractivity (Wildman–Crippen MR) is 155 cm³/mol. The van der Waals surface area contributed by atoms with Gasteiger partial charge in [0.15, 0.2) is 0 Å². The van der Waals surface area contributed by atoms with Crippen molar-refractivity contribution in [1.82, 2.24) is 19.2 Å². The van der Waals surface area contributed by atoms with Gasteiger partial charge in [-0.05, 0) is 47.5 Å². The summed E-state index contributed by atoms with van der Waals surface area (Å²) < 4.78 is 42.1. The van der Waals surface area contributed by atoms with E-state index in [1.165, 1.54) is 18.2 Å². The average molecular weight is 586 g/mol. The van der Waals surface area contributed by atoms with Crippen molar-refractivity contribution in [2.45, 2.75) is 12.7 Å². The van der Waals surface area contributed by atoms with E-state index in [0.29, 0.717) is 66.3 Å². The molecule has 0 aliphatic carbocycles. The van der Waals surface area contributed by atoms with E-state index in [9.17, 15) is 28.1 Å². The quantitative estimate of drug-likeness (QED) is 0.167. The molecule has 0 atom stereocenters. The van der Waals surface area contributed by atoms with E-state index in [2.05, 4.69) is 4.90 Å². The van der Waals surface area contributed by atoms with Crippen LogP contribution in [0.25, 0.3) is 28.0 Å². The summed E-state index contributed by atoms with van der Waals surface area (Å²) in [6.45, 7) is 2.64. The Kier molecular flexibility index (Phi) is 7.41. The third-order valence-electron chi connectivity index (χ3n) is 7.62. The zero-order valence-corrected chi connectivity index (χ0v) is 22.9. The number of aromatic nitrogens is 2. The number of hydrogen-bond acceptors (Lipinski definition) is 5. The highest BCUT2D eigenvalue weighted by Crippen LogP contribution is 2.34. The summed E-state index contributed by atoms with van der Waals surface area (Å²) in [4.78, 5) is 32.8. The molecule has 1 fully saturated rings. The van der Waals surface area contributed by atoms with Crippen LogP contribution >= 0.6 is 0 Å². The van der Waals surface area contributed by atoms with Crippen LogP contribution < -0.4 is 0 Å². The number of pyridine rings is 1. The molecule has 218 valence electrons. The molecular weight excluding hydrogens is 559 g/mol. The van der Waals surface area contributed by atoms with Gasteiger partial charge in [0.1, 0.15) is 5.65 Å². The van der Waals surface area contributed by atoms with E-state index in [1.807, 2.05) is 27.5 Å². The van der Waals surface area contributed by atoms with Crippen molar-refractivity contribution in [2.75, 3.05) is 26.2 Å². The number of fused-ring (bicyclic) bond motifs is 1. The van der Waals surface area contributed by atoms with Crippen LogP contribution in [0.4, 0.5) is 18.9 Å². The van der Waals surface area contributed by atoms with E-state index < -0.39 is 16.7 Å². The first-order valence-electron chi connectivity index (χ1n) is 13.7. The topological polar surface area (TPSA) is 84.0 Å². The number of nitro groups is 1. The van der Waals surface area contributed by atoms with Crippen LogP contribution in [-0.4, -0.2) is 56.2 Å². The van der Waals surface area contributed by atoms with Gasteiger partial charge < -0.3 is 9.30 Å². The van der Waals surface area contributed by atoms with Crippen LogP contribution in [0.5, 0.6) is 0 Å². The average Bonchev–Trinajstić information content (AvgIpc) is 3.38. The van der Waals surface area contributed by atoms with Crippen LogP contribution in [0.3, 0.4) is 0 Å². The second-order valence-electron chi connectivity index (χ2n) is 10.4. The number of non-ortho nitro benzene ring substituents is 1. The molecular formula is C32H26F3N5O3. The van der Waals surface area contributed by atoms with Crippen LogP contribution in [0, 0.1) is 10.1 Å². The number of carbonyl (C=O) groups is 1. The minimum absolute atomic E-state index is 0.0296. The summed E-state index contributed by atoms with van der Waals surface area (Å²) in [5.41, 5.74) is 3.21.